The van der Waals surface area contributed by atoms with Crippen molar-refractivity contribution in [2.75, 3.05) is 32.7 Å². The molecule has 5 heteroatoms. The second kappa shape index (κ2) is 7.13. The molecular formula is C18H26N4O. The number of carbonyl (C=O) groups is 1. The molecule has 1 fully saturated rings. The highest BCUT2D eigenvalue weighted by atomic mass is 16.2. The quantitative estimate of drug-likeness (QED) is 0.923. The lowest BCUT2D eigenvalue weighted by atomic mass is 9.97. The highest BCUT2D eigenvalue weighted by molar-refractivity contribution is 5.78. The average molecular weight is 314 g/mol. The van der Waals surface area contributed by atoms with Gasteiger partial charge in [0.15, 0.2) is 0 Å². The summed E-state index contributed by atoms with van der Waals surface area (Å²) >= 11 is 0. The topological polar surface area (TPSA) is 52.2 Å². The number of aromatic amines is 1. The second-order valence-electron chi connectivity index (χ2n) is 6.28. The van der Waals surface area contributed by atoms with Crippen LogP contribution in [0.4, 0.5) is 0 Å². The first-order chi connectivity index (χ1) is 11.2. The van der Waals surface area contributed by atoms with E-state index in [4.69, 9.17) is 4.98 Å². The number of rotatable bonds is 5. The standard InChI is InChI=1S/C18H26N4O/c1-3-22(4-2)17(23)13-21-11-7-8-14(12-21)18-19-15-9-5-6-10-16(15)20-18/h5-6,9-10,14H,3-4,7-8,11-13H2,1-2H3,(H,19,20). The van der Waals surface area contributed by atoms with Crippen molar-refractivity contribution >= 4 is 16.9 Å². The summed E-state index contributed by atoms with van der Waals surface area (Å²) in [4.78, 5) is 24.7. The number of hydrogen-bond donors (Lipinski definition) is 1. The summed E-state index contributed by atoms with van der Waals surface area (Å²) in [7, 11) is 0. The summed E-state index contributed by atoms with van der Waals surface area (Å²) in [6, 6.07) is 8.15. The minimum absolute atomic E-state index is 0.236. The summed E-state index contributed by atoms with van der Waals surface area (Å²) in [5, 5.41) is 0. The molecule has 124 valence electrons. The van der Waals surface area contributed by atoms with Gasteiger partial charge in [-0.1, -0.05) is 12.1 Å². The van der Waals surface area contributed by atoms with Crippen molar-refractivity contribution in [2.45, 2.75) is 32.6 Å². The largest absolute Gasteiger partial charge is 0.342 e. The molecule has 3 rings (SSSR count). The lowest BCUT2D eigenvalue weighted by Gasteiger charge is -2.32. The third kappa shape index (κ3) is 3.55. The van der Waals surface area contributed by atoms with Gasteiger partial charge in [-0.05, 0) is 45.4 Å². The maximum atomic E-state index is 12.3. The van der Waals surface area contributed by atoms with Gasteiger partial charge in [-0.3, -0.25) is 9.69 Å². The number of piperidine rings is 1. The van der Waals surface area contributed by atoms with Gasteiger partial charge in [0, 0.05) is 25.6 Å². The van der Waals surface area contributed by atoms with Gasteiger partial charge in [-0.2, -0.15) is 0 Å². The van der Waals surface area contributed by atoms with E-state index in [1.54, 1.807) is 0 Å². The highest BCUT2D eigenvalue weighted by Gasteiger charge is 2.25. The Morgan fingerprint density at radius 1 is 1.35 bits per heavy atom. The second-order valence-corrected chi connectivity index (χ2v) is 6.28. The van der Waals surface area contributed by atoms with E-state index < -0.39 is 0 Å². The molecule has 0 radical (unpaired) electrons. The minimum Gasteiger partial charge on any atom is -0.342 e. The highest BCUT2D eigenvalue weighted by Crippen LogP contribution is 2.26. The molecule has 0 bridgehead atoms. The molecule has 1 aromatic carbocycles. The van der Waals surface area contributed by atoms with E-state index in [0.29, 0.717) is 12.5 Å². The number of H-pyrrole nitrogens is 1. The van der Waals surface area contributed by atoms with E-state index >= 15 is 0 Å². The third-order valence-corrected chi connectivity index (χ3v) is 4.77. The van der Waals surface area contributed by atoms with E-state index in [9.17, 15) is 4.79 Å². The Bertz CT molecular complexity index is 629. The van der Waals surface area contributed by atoms with E-state index in [1.165, 1.54) is 0 Å². The predicted octanol–water partition coefficient (Wildman–Crippen LogP) is 2.61. The van der Waals surface area contributed by atoms with Crippen molar-refractivity contribution in [3.05, 3.63) is 30.1 Å². The SMILES string of the molecule is CCN(CC)C(=O)CN1CCCC(c2nc3ccccc3[nH]2)C1. The summed E-state index contributed by atoms with van der Waals surface area (Å²) in [6.07, 6.45) is 2.25. The Morgan fingerprint density at radius 3 is 2.87 bits per heavy atom. The first-order valence-electron chi connectivity index (χ1n) is 8.66. The molecule has 1 aliphatic rings. The van der Waals surface area contributed by atoms with Crippen molar-refractivity contribution in [1.29, 1.82) is 0 Å². The Balaban J connectivity index is 1.67. The number of likely N-dealkylation sites (N-methyl/N-ethyl adjacent to an activating group) is 1. The van der Waals surface area contributed by atoms with Crippen LogP contribution in [0.25, 0.3) is 11.0 Å². The van der Waals surface area contributed by atoms with Gasteiger partial charge in [0.2, 0.25) is 5.91 Å². The molecule has 2 aromatic rings. The lowest BCUT2D eigenvalue weighted by Crippen LogP contribution is -2.43. The maximum absolute atomic E-state index is 12.3. The van der Waals surface area contributed by atoms with Crippen LogP contribution in [0.1, 0.15) is 38.4 Å². The number of aromatic nitrogens is 2. The molecule has 2 heterocycles. The van der Waals surface area contributed by atoms with Gasteiger partial charge in [0.25, 0.3) is 0 Å². The molecular weight excluding hydrogens is 288 g/mol. The molecule has 1 amide bonds. The maximum Gasteiger partial charge on any atom is 0.236 e. The Hall–Kier alpha value is -1.88. The third-order valence-electron chi connectivity index (χ3n) is 4.77. The van der Waals surface area contributed by atoms with Crippen LogP contribution < -0.4 is 0 Å². The number of fused-ring (bicyclic) bond motifs is 1. The number of carbonyl (C=O) groups excluding carboxylic acids is 1. The van der Waals surface area contributed by atoms with Crippen molar-refractivity contribution in [2.24, 2.45) is 0 Å². The monoisotopic (exact) mass is 314 g/mol. The van der Waals surface area contributed by atoms with Crippen molar-refractivity contribution in [1.82, 2.24) is 19.8 Å². The van der Waals surface area contributed by atoms with Crippen LogP contribution in [0.3, 0.4) is 0 Å². The number of benzene rings is 1. The first kappa shape index (κ1) is 16.0. The molecule has 23 heavy (non-hydrogen) atoms. The van der Waals surface area contributed by atoms with Gasteiger partial charge < -0.3 is 9.88 Å². The number of nitrogens with one attached hydrogen (secondary N) is 1. The van der Waals surface area contributed by atoms with E-state index in [0.717, 1.165) is 55.9 Å². The molecule has 1 atom stereocenters. The van der Waals surface area contributed by atoms with Crippen molar-refractivity contribution in [3.63, 3.8) is 0 Å². The average Bonchev–Trinajstić information content (AvgIpc) is 3.00. The predicted molar refractivity (Wildman–Crippen MR) is 92.4 cm³/mol. The molecule has 5 nitrogen and oxygen atoms in total. The zero-order valence-electron chi connectivity index (χ0n) is 14.1. The number of para-hydroxylation sites is 2. The fourth-order valence-electron chi connectivity index (χ4n) is 3.46. The molecule has 1 aromatic heterocycles. The van der Waals surface area contributed by atoms with Crippen LogP contribution in [-0.4, -0.2) is 58.4 Å². The van der Waals surface area contributed by atoms with Gasteiger partial charge in [0.05, 0.1) is 17.6 Å². The molecule has 0 aliphatic carbocycles. The van der Waals surface area contributed by atoms with Gasteiger partial charge in [-0.25, -0.2) is 4.98 Å². The van der Waals surface area contributed by atoms with Crippen LogP contribution in [0.2, 0.25) is 0 Å². The van der Waals surface area contributed by atoms with Crippen LogP contribution >= 0.6 is 0 Å². The van der Waals surface area contributed by atoms with E-state index in [1.807, 2.05) is 36.9 Å². The molecule has 1 aliphatic heterocycles. The van der Waals surface area contributed by atoms with Crippen molar-refractivity contribution < 1.29 is 4.79 Å². The fraction of sp³-hybridized carbons (Fsp3) is 0.556. The molecule has 0 saturated carbocycles. The molecule has 0 spiro atoms. The Morgan fingerprint density at radius 2 is 2.13 bits per heavy atom. The number of hydrogen-bond acceptors (Lipinski definition) is 3. The minimum atomic E-state index is 0.236. The zero-order valence-corrected chi connectivity index (χ0v) is 14.1. The summed E-state index contributed by atoms with van der Waals surface area (Å²) < 4.78 is 0. The zero-order chi connectivity index (χ0) is 16.2. The van der Waals surface area contributed by atoms with Gasteiger partial charge in [-0.15, -0.1) is 0 Å². The number of likely N-dealkylation sites (tertiary alicyclic amines) is 1. The number of amides is 1. The number of nitrogens with zero attached hydrogens (tertiary/aromatic N) is 3. The smallest absolute Gasteiger partial charge is 0.236 e. The van der Waals surface area contributed by atoms with Crippen LogP contribution in [0.5, 0.6) is 0 Å². The molecule has 1 unspecified atom stereocenters. The number of imidazole rings is 1. The Kier molecular flexibility index (Phi) is 4.96. The van der Waals surface area contributed by atoms with Crippen molar-refractivity contribution in [3.8, 4) is 0 Å². The van der Waals surface area contributed by atoms with E-state index in [2.05, 4.69) is 16.0 Å². The van der Waals surface area contributed by atoms with Crippen LogP contribution in [0, 0.1) is 0 Å². The van der Waals surface area contributed by atoms with Gasteiger partial charge >= 0.3 is 0 Å². The summed E-state index contributed by atoms with van der Waals surface area (Å²) in [5.41, 5.74) is 2.12. The summed E-state index contributed by atoms with van der Waals surface area (Å²) in [5.74, 6) is 1.69. The normalized spacial score (nSPS) is 19.1. The fourth-order valence-corrected chi connectivity index (χ4v) is 3.46. The van der Waals surface area contributed by atoms with Crippen LogP contribution in [0.15, 0.2) is 24.3 Å². The molecule has 1 N–H and O–H groups in total. The molecule has 1 saturated heterocycles. The van der Waals surface area contributed by atoms with Gasteiger partial charge in [0.1, 0.15) is 5.82 Å². The van der Waals surface area contributed by atoms with E-state index in [-0.39, 0.29) is 5.91 Å². The Labute approximate surface area is 137 Å². The first-order valence-corrected chi connectivity index (χ1v) is 8.66. The van der Waals surface area contributed by atoms with Crippen LogP contribution in [-0.2, 0) is 4.79 Å². The summed E-state index contributed by atoms with van der Waals surface area (Å²) in [6.45, 7) is 8.09. The lowest BCUT2D eigenvalue weighted by molar-refractivity contribution is -0.132.